The largest absolute Gasteiger partial charge is 0.449 e. The van der Waals surface area contributed by atoms with E-state index in [0.717, 1.165) is 0 Å². The Kier molecular flexibility index (Phi) is 4.72. The standard InChI is InChI=1S/C14H13ClN2O4/c1-2-13(18)11-5-4-10(8-16-11)21-14-6-3-9(15)7-12(14)17(19)20/h3-8,13,18H,2H2,1H3/t13-/m1/s1. The number of nitro benzene ring substituents is 1. The zero-order valence-corrected chi connectivity index (χ0v) is 11.9. The summed E-state index contributed by atoms with van der Waals surface area (Å²) in [5.41, 5.74) is 0.302. The molecule has 21 heavy (non-hydrogen) atoms. The van der Waals surface area contributed by atoms with Gasteiger partial charge in [0.15, 0.2) is 0 Å². The number of aromatic nitrogens is 1. The summed E-state index contributed by atoms with van der Waals surface area (Å²) in [6, 6.07) is 7.37. The van der Waals surface area contributed by atoms with Gasteiger partial charge in [-0.25, -0.2) is 0 Å². The van der Waals surface area contributed by atoms with Gasteiger partial charge in [-0.15, -0.1) is 0 Å². The molecule has 0 saturated heterocycles. The van der Waals surface area contributed by atoms with Gasteiger partial charge in [-0.05, 0) is 30.7 Å². The van der Waals surface area contributed by atoms with Crippen LogP contribution in [-0.4, -0.2) is 15.0 Å². The quantitative estimate of drug-likeness (QED) is 0.669. The Morgan fingerprint density at radius 1 is 1.43 bits per heavy atom. The normalized spacial score (nSPS) is 12.0. The number of aliphatic hydroxyl groups is 1. The summed E-state index contributed by atoms with van der Waals surface area (Å²) in [6.45, 7) is 1.84. The molecular weight excluding hydrogens is 296 g/mol. The second kappa shape index (κ2) is 6.51. The lowest BCUT2D eigenvalue weighted by Crippen LogP contribution is -1.99. The fraction of sp³-hybridized carbons (Fsp3) is 0.214. The van der Waals surface area contributed by atoms with Gasteiger partial charge < -0.3 is 9.84 Å². The lowest BCUT2D eigenvalue weighted by atomic mass is 10.2. The molecule has 0 fully saturated rings. The fourth-order valence-corrected chi connectivity index (χ4v) is 1.87. The zero-order chi connectivity index (χ0) is 15.4. The van der Waals surface area contributed by atoms with E-state index in [1.807, 2.05) is 6.92 Å². The van der Waals surface area contributed by atoms with Crippen molar-refractivity contribution >= 4 is 17.3 Å². The first kappa shape index (κ1) is 15.2. The molecule has 1 atom stereocenters. The third-order valence-corrected chi connectivity index (χ3v) is 3.07. The molecular formula is C14H13ClN2O4. The van der Waals surface area contributed by atoms with Crippen LogP contribution < -0.4 is 4.74 Å². The predicted molar refractivity (Wildman–Crippen MR) is 77.7 cm³/mol. The molecule has 0 unspecified atom stereocenters. The minimum absolute atomic E-state index is 0.0787. The van der Waals surface area contributed by atoms with Crippen molar-refractivity contribution in [3.05, 3.63) is 57.4 Å². The molecule has 0 amide bonds. The topological polar surface area (TPSA) is 85.5 Å². The van der Waals surface area contributed by atoms with E-state index in [4.69, 9.17) is 16.3 Å². The van der Waals surface area contributed by atoms with Gasteiger partial charge in [0.1, 0.15) is 5.75 Å². The first-order valence-corrected chi connectivity index (χ1v) is 6.65. The molecule has 6 nitrogen and oxygen atoms in total. The average molecular weight is 309 g/mol. The van der Waals surface area contributed by atoms with Crippen molar-refractivity contribution in [1.29, 1.82) is 0 Å². The number of ether oxygens (including phenoxy) is 1. The highest BCUT2D eigenvalue weighted by Crippen LogP contribution is 2.33. The van der Waals surface area contributed by atoms with Crippen molar-refractivity contribution in [2.75, 3.05) is 0 Å². The average Bonchev–Trinajstić information content (AvgIpc) is 2.49. The van der Waals surface area contributed by atoms with Crippen molar-refractivity contribution < 1.29 is 14.8 Å². The summed E-state index contributed by atoms with van der Waals surface area (Å²) >= 11 is 5.74. The number of benzene rings is 1. The monoisotopic (exact) mass is 308 g/mol. The van der Waals surface area contributed by atoms with Crippen molar-refractivity contribution in [2.45, 2.75) is 19.4 Å². The van der Waals surface area contributed by atoms with E-state index in [1.54, 1.807) is 12.1 Å². The minimum atomic E-state index is -0.635. The lowest BCUT2D eigenvalue weighted by Gasteiger charge is -2.09. The Balaban J connectivity index is 2.24. The van der Waals surface area contributed by atoms with Crippen LogP contribution in [0, 0.1) is 10.1 Å². The Morgan fingerprint density at radius 2 is 2.19 bits per heavy atom. The van der Waals surface area contributed by atoms with Crippen molar-refractivity contribution in [1.82, 2.24) is 4.98 Å². The number of halogens is 1. The van der Waals surface area contributed by atoms with Gasteiger partial charge in [-0.1, -0.05) is 18.5 Å². The van der Waals surface area contributed by atoms with E-state index in [0.29, 0.717) is 17.9 Å². The number of rotatable bonds is 5. The molecule has 0 aliphatic rings. The summed E-state index contributed by atoms with van der Waals surface area (Å²) in [7, 11) is 0. The van der Waals surface area contributed by atoms with E-state index in [-0.39, 0.29) is 16.5 Å². The molecule has 2 aromatic rings. The fourth-order valence-electron chi connectivity index (χ4n) is 1.70. The van der Waals surface area contributed by atoms with Crippen LogP contribution in [0.4, 0.5) is 5.69 Å². The van der Waals surface area contributed by atoms with Crippen molar-refractivity contribution in [3.63, 3.8) is 0 Å². The maximum absolute atomic E-state index is 11.0. The Labute approximate surface area is 126 Å². The van der Waals surface area contributed by atoms with Crippen LogP contribution in [0.2, 0.25) is 5.02 Å². The van der Waals surface area contributed by atoms with Gasteiger partial charge in [0.2, 0.25) is 5.75 Å². The maximum Gasteiger partial charge on any atom is 0.313 e. The third-order valence-electron chi connectivity index (χ3n) is 2.83. The summed E-state index contributed by atoms with van der Waals surface area (Å²) in [5, 5.41) is 20.9. The number of hydrogen-bond donors (Lipinski definition) is 1. The SMILES string of the molecule is CC[C@@H](O)c1ccc(Oc2ccc(Cl)cc2[N+](=O)[O-])cn1. The first-order valence-electron chi connectivity index (χ1n) is 6.27. The Hall–Kier alpha value is -2.18. The number of pyridine rings is 1. The molecule has 1 aromatic carbocycles. The van der Waals surface area contributed by atoms with Gasteiger partial charge in [-0.3, -0.25) is 15.1 Å². The molecule has 0 radical (unpaired) electrons. The predicted octanol–water partition coefficient (Wildman–Crippen LogP) is 3.88. The highest BCUT2D eigenvalue weighted by Gasteiger charge is 2.16. The lowest BCUT2D eigenvalue weighted by molar-refractivity contribution is -0.385. The number of hydrogen-bond acceptors (Lipinski definition) is 5. The van der Waals surface area contributed by atoms with Gasteiger partial charge >= 0.3 is 5.69 Å². The van der Waals surface area contributed by atoms with E-state index in [1.165, 1.54) is 24.4 Å². The van der Waals surface area contributed by atoms with Crippen LogP contribution in [0.15, 0.2) is 36.5 Å². The minimum Gasteiger partial charge on any atom is -0.449 e. The summed E-state index contributed by atoms with van der Waals surface area (Å²) in [4.78, 5) is 14.5. The zero-order valence-electron chi connectivity index (χ0n) is 11.2. The van der Waals surface area contributed by atoms with Crippen LogP contribution in [0.3, 0.4) is 0 Å². The number of aliphatic hydroxyl groups excluding tert-OH is 1. The summed E-state index contributed by atoms with van der Waals surface area (Å²) in [6.07, 6.45) is 1.33. The molecule has 1 N–H and O–H groups in total. The van der Waals surface area contributed by atoms with Crippen molar-refractivity contribution in [2.24, 2.45) is 0 Å². The molecule has 1 aromatic heterocycles. The number of nitrogens with zero attached hydrogens (tertiary/aromatic N) is 2. The van der Waals surface area contributed by atoms with Crippen LogP contribution in [0.1, 0.15) is 25.1 Å². The number of nitro groups is 1. The van der Waals surface area contributed by atoms with Crippen LogP contribution in [0.5, 0.6) is 11.5 Å². The van der Waals surface area contributed by atoms with Crippen LogP contribution in [-0.2, 0) is 0 Å². The van der Waals surface area contributed by atoms with Gasteiger partial charge in [0.25, 0.3) is 0 Å². The molecule has 0 aliphatic carbocycles. The highest BCUT2D eigenvalue weighted by atomic mass is 35.5. The molecule has 0 spiro atoms. The molecule has 0 bridgehead atoms. The highest BCUT2D eigenvalue weighted by molar-refractivity contribution is 6.30. The van der Waals surface area contributed by atoms with E-state index in [9.17, 15) is 15.2 Å². The second-order valence-electron chi connectivity index (χ2n) is 4.31. The first-order chi connectivity index (χ1) is 10.0. The molecule has 7 heteroatoms. The third kappa shape index (κ3) is 3.68. The van der Waals surface area contributed by atoms with E-state index < -0.39 is 11.0 Å². The van der Waals surface area contributed by atoms with Gasteiger partial charge in [0.05, 0.1) is 22.9 Å². The molecule has 1 heterocycles. The summed E-state index contributed by atoms with van der Waals surface area (Å²) < 4.78 is 5.45. The van der Waals surface area contributed by atoms with E-state index >= 15 is 0 Å². The van der Waals surface area contributed by atoms with Crippen LogP contribution >= 0.6 is 11.6 Å². The molecule has 2 rings (SSSR count). The Bertz CT molecular complexity index is 646. The molecule has 0 aliphatic heterocycles. The molecule has 110 valence electrons. The second-order valence-corrected chi connectivity index (χ2v) is 4.75. The van der Waals surface area contributed by atoms with Gasteiger partial charge in [0, 0.05) is 11.1 Å². The Morgan fingerprint density at radius 3 is 2.76 bits per heavy atom. The molecule has 0 saturated carbocycles. The van der Waals surface area contributed by atoms with E-state index in [2.05, 4.69) is 4.98 Å². The smallest absolute Gasteiger partial charge is 0.313 e. The maximum atomic E-state index is 11.0. The van der Waals surface area contributed by atoms with Crippen molar-refractivity contribution in [3.8, 4) is 11.5 Å². The van der Waals surface area contributed by atoms with Crippen LogP contribution in [0.25, 0.3) is 0 Å². The van der Waals surface area contributed by atoms with Gasteiger partial charge in [-0.2, -0.15) is 0 Å². The summed E-state index contributed by atoms with van der Waals surface area (Å²) in [5.74, 6) is 0.419.